The smallest absolute Gasteiger partial charge is 0.406 e. The topological polar surface area (TPSA) is 32.7 Å². The first-order chi connectivity index (χ1) is 13.8. The summed E-state index contributed by atoms with van der Waals surface area (Å²) in [5.74, 6) is -0.234. The van der Waals surface area contributed by atoms with Gasteiger partial charge in [-0.25, -0.2) is 0 Å². The second kappa shape index (κ2) is 8.00. The molecule has 2 aliphatic rings. The number of ether oxygens (including phenoxy) is 1. The standard InChI is InChI=1S/C23H26F3NO2/c24-23(25,26)29-21-11-9-17(10-12-21)13-22(28)14-19-7-4-8-20(15-22)27(19)16-18-5-2-1-3-6-18/h1-3,5-6,9-12,19-20,28H,4,7-8,13-16H2. The van der Waals surface area contributed by atoms with E-state index in [0.717, 1.165) is 24.9 Å². The van der Waals surface area contributed by atoms with Crippen molar-refractivity contribution < 1.29 is 23.0 Å². The number of aliphatic hydroxyl groups is 1. The third kappa shape index (κ3) is 5.11. The summed E-state index contributed by atoms with van der Waals surface area (Å²) >= 11 is 0. The van der Waals surface area contributed by atoms with Gasteiger partial charge in [0.25, 0.3) is 0 Å². The average molecular weight is 405 g/mol. The molecule has 29 heavy (non-hydrogen) atoms. The summed E-state index contributed by atoms with van der Waals surface area (Å²) in [4.78, 5) is 2.54. The van der Waals surface area contributed by atoms with E-state index in [2.05, 4.69) is 33.9 Å². The van der Waals surface area contributed by atoms with Crippen LogP contribution in [0.15, 0.2) is 54.6 Å². The third-order valence-electron chi connectivity index (χ3n) is 6.14. The van der Waals surface area contributed by atoms with E-state index in [4.69, 9.17) is 0 Å². The fourth-order valence-electron chi connectivity index (χ4n) is 5.00. The Labute approximate surface area is 169 Å². The van der Waals surface area contributed by atoms with E-state index < -0.39 is 12.0 Å². The highest BCUT2D eigenvalue weighted by Crippen LogP contribution is 2.41. The van der Waals surface area contributed by atoms with Gasteiger partial charge in [0, 0.05) is 25.0 Å². The van der Waals surface area contributed by atoms with E-state index in [9.17, 15) is 18.3 Å². The summed E-state index contributed by atoms with van der Waals surface area (Å²) in [5.41, 5.74) is 1.29. The maximum absolute atomic E-state index is 12.3. The van der Waals surface area contributed by atoms with Crippen molar-refractivity contribution in [2.24, 2.45) is 0 Å². The minimum atomic E-state index is -4.69. The molecule has 0 saturated carbocycles. The minimum Gasteiger partial charge on any atom is -0.406 e. The Morgan fingerprint density at radius 1 is 0.931 bits per heavy atom. The lowest BCUT2D eigenvalue weighted by Gasteiger charge is -2.52. The monoisotopic (exact) mass is 405 g/mol. The fraction of sp³-hybridized carbons (Fsp3) is 0.478. The van der Waals surface area contributed by atoms with Crippen LogP contribution in [0.4, 0.5) is 13.2 Å². The summed E-state index contributed by atoms with van der Waals surface area (Å²) in [6.07, 6.45) is 0.469. The molecule has 2 aromatic rings. The van der Waals surface area contributed by atoms with E-state index >= 15 is 0 Å². The van der Waals surface area contributed by atoms with Crippen LogP contribution in [0.2, 0.25) is 0 Å². The van der Waals surface area contributed by atoms with Gasteiger partial charge in [-0.05, 0) is 48.9 Å². The summed E-state index contributed by atoms with van der Waals surface area (Å²) < 4.78 is 40.9. The van der Waals surface area contributed by atoms with Gasteiger partial charge in [0.2, 0.25) is 0 Å². The number of fused-ring (bicyclic) bond motifs is 2. The molecule has 2 fully saturated rings. The summed E-state index contributed by atoms with van der Waals surface area (Å²) in [5, 5.41) is 11.3. The minimum absolute atomic E-state index is 0.234. The number of hydrogen-bond donors (Lipinski definition) is 1. The van der Waals surface area contributed by atoms with Gasteiger partial charge < -0.3 is 9.84 Å². The molecule has 0 radical (unpaired) electrons. The molecule has 0 aromatic heterocycles. The quantitative estimate of drug-likeness (QED) is 0.753. The molecule has 2 unspecified atom stereocenters. The Balaban J connectivity index is 1.43. The highest BCUT2D eigenvalue weighted by atomic mass is 19.4. The van der Waals surface area contributed by atoms with E-state index in [-0.39, 0.29) is 5.75 Å². The third-order valence-corrected chi connectivity index (χ3v) is 6.14. The van der Waals surface area contributed by atoms with Crippen molar-refractivity contribution in [1.29, 1.82) is 0 Å². The zero-order chi connectivity index (χ0) is 20.5. The lowest BCUT2D eigenvalue weighted by molar-refractivity contribution is -0.274. The number of piperidine rings is 2. The molecule has 2 atom stereocenters. The highest BCUT2D eigenvalue weighted by molar-refractivity contribution is 5.29. The van der Waals surface area contributed by atoms with Crippen molar-refractivity contribution in [1.82, 2.24) is 4.90 Å². The zero-order valence-corrected chi connectivity index (χ0v) is 16.2. The molecule has 2 bridgehead atoms. The first-order valence-electron chi connectivity index (χ1n) is 10.2. The van der Waals surface area contributed by atoms with Crippen LogP contribution in [0.1, 0.15) is 43.2 Å². The number of hydrogen-bond acceptors (Lipinski definition) is 3. The Kier molecular flexibility index (Phi) is 5.58. The van der Waals surface area contributed by atoms with Crippen LogP contribution in [-0.2, 0) is 13.0 Å². The molecule has 6 heteroatoms. The van der Waals surface area contributed by atoms with Gasteiger partial charge in [-0.15, -0.1) is 13.2 Å². The Morgan fingerprint density at radius 3 is 2.14 bits per heavy atom. The maximum Gasteiger partial charge on any atom is 0.573 e. The molecule has 1 N–H and O–H groups in total. The summed E-state index contributed by atoms with van der Waals surface area (Å²) in [6.45, 7) is 0.899. The normalized spacial score (nSPS) is 27.6. The average Bonchev–Trinajstić information content (AvgIpc) is 2.64. The molecular formula is C23H26F3NO2. The first-order valence-corrected chi connectivity index (χ1v) is 10.2. The number of benzene rings is 2. The van der Waals surface area contributed by atoms with Crippen LogP contribution in [0.3, 0.4) is 0 Å². The first kappa shape index (κ1) is 20.2. The number of nitrogens with zero attached hydrogens (tertiary/aromatic N) is 1. The SMILES string of the molecule is OC1(Cc2ccc(OC(F)(F)F)cc2)CC2CCCC(C1)N2Cc1ccccc1. The summed E-state index contributed by atoms with van der Waals surface area (Å²) in [6, 6.07) is 16.9. The van der Waals surface area contributed by atoms with Crippen molar-refractivity contribution >= 4 is 0 Å². The molecule has 3 nitrogen and oxygen atoms in total. The van der Waals surface area contributed by atoms with E-state index in [1.165, 1.54) is 24.1 Å². The number of rotatable bonds is 5. The van der Waals surface area contributed by atoms with Gasteiger partial charge >= 0.3 is 6.36 Å². The van der Waals surface area contributed by atoms with Crippen molar-refractivity contribution in [2.75, 3.05) is 0 Å². The molecule has 4 rings (SSSR count). The van der Waals surface area contributed by atoms with E-state index in [1.54, 1.807) is 12.1 Å². The van der Waals surface area contributed by atoms with Crippen LogP contribution in [0.5, 0.6) is 5.75 Å². The lowest BCUT2D eigenvalue weighted by Crippen LogP contribution is -2.58. The van der Waals surface area contributed by atoms with Crippen molar-refractivity contribution in [3.8, 4) is 5.75 Å². The van der Waals surface area contributed by atoms with Crippen LogP contribution in [0, 0.1) is 0 Å². The van der Waals surface area contributed by atoms with Crippen LogP contribution in [0.25, 0.3) is 0 Å². The second-order valence-electron chi connectivity index (χ2n) is 8.40. The molecule has 2 saturated heterocycles. The Bertz CT molecular complexity index is 793. The fourth-order valence-corrected chi connectivity index (χ4v) is 5.00. The second-order valence-corrected chi connectivity index (χ2v) is 8.40. The van der Waals surface area contributed by atoms with Gasteiger partial charge in [0.15, 0.2) is 0 Å². The van der Waals surface area contributed by atoms with Crippen molar-refractivity contribution in [3.63, 3.8) is 0 Å². The zero-order valence-electron chi connectivity index (χ0n) is 16.2. The van der Waals surface area contributed by atoms with Crippen molar-refractivity contribution in [3.05, 3.63) is 65.7 Å². The maximum atomic E-state index is 12.3. The van der Waals surface area contributed by atoms with Crippen LogP contribution >= 0.6 is 0 Å². The molecule has 2 aromatic carbocycles. The molecule has 0 amide bonds. The molecular weight excluding hydrogens is 379 g/mol. The van der Waals surface area contributed by atoms with E-state index in [0.29, 0.717) is 31.3 Å². The molecule has 156 valence electrons. The van der Waals surface area contributed by atoms with Crippen molar-refractivity contribution in [2.45, 2.75) is 69.1 Å². The van der Waals surface area contributed by atoms with Crippen LogP contribution < -0.4 is 4.74 Å². The lowest BCUT2D eigenvalue weighted by atomic mass is 9.73. The van der Waals surface area contributed by atoms with Gasteiger partial charge in [-0.3, -0.25) is 4.90 Å². The Hall–Kier alpha value is -2.05. The van der Waals surface area contributed by atoms with Crippen LogP contribution in [-0.4, -0.2) is 34.1 Å². The molecule has 2 heterocycles. The Morgan fingerprint density at radius 2 is 1.55 bits per heavy atom. The van der Waals surface area contributed by atoms with Gasteiger partial charge in [0.05, 0.1) is 5.60 Å². The van der Waals surface area contributed by atoms with E-state index in [1.807, 2.05) is 6.07 Å². The highest BCUT2D eigenvalue weighted by Gasteiger charge is 2.45. The van der Waals surface area contributed by atoms with Gasteiger partial charge in [-0.1, -0.05) is 48.9 Å². The van der Waals surface area contributed by atoms with Gasteiger partial charge in [0.1, 0.15) is 5.75 Å². The predicted octanol–water partition coefficient (Wildman–Crippen LogP) is 5.08. The van der Waals surface area contributed by atoms with Gasteiger partial charge in [-0.2, -0.15) is 0 Å². The summed E-state index contributed by atoms with van der Waals surface area (Å²) in [7, 11) is 0. The largest absolute Gasteiger partial charge is 0.573 e. The number of alkyl halides is 3. The molecule has 2 aliphatic heterocycles. The number of halogens is 3. The molecule has 0 aliphatic carbocycles. The molecule has 0 spiro atoms. The predicted molar refractivity (Wildman–Crippen MR) is 104 cm³/mol.